The van der Waals surface area contributed by atoms with Crippen LogP contribution in [0.4, 0.5) is 0 Å². The summed E-state index contributed by atoms with van der Waals surface area (Å²) in [5, 5.41) is 0. The van der Waals surface area contributed by atoms with E-state index in [0.717, 1.165) is 19.3 Å². The number of carbonyl (C=O) groups excluding carboxylic acids is 2. The standard InChI is InChI=1S/C44H80NO8P/c1-6-8-10-12-14-16-18-20-22-24-26-28-30-32-34-36-43(46)50-40-42(41-52-54(48,49)51-39-38-45(3,4)5)53-44(47)37-35-33-31-29-27-25-23-21-19-17-15-13-11-9-7-2/h23,25,27,29,31,33,35,37,42H,6-22,24,26,28,30,32,34,36,38-41H2,1-5H3/b25-23+,29-27+,33-31?,37-35?/t42-/m1/s1. The van der Waals surface area contributed by atoms with Crippen LogP contribution in [-0.4, -0.2) is 70.0 Å². The zero-order valence-corrected chi connectivity index (χ0v) is 36.0. The number of likely N-dealkylation sites (N-methyl/N-ethyl adjacent to an activating group) is 1. The molecule has 0 aliphatic rings. The molecule has 0 aliphatic heterocycles. The number of allylic oxidation sites excluding steroid dienone is 7. The first-order valence-electron chi connectivity index (χ1n) is 21.4. The number of nitrogens with zero attached hydrogens (tertiary/aromatic N) is 1. The average Bonchev–Trinajstić information content (AvgIpc) is 3.12. The third-order valence-corrected chi connectivity index (χ3v) is 9.99. The highest BCUT2D eigenvalue weighted by atomic mass is 31.2. The van der Waals surface area contributed by atoms with Crippen LogP contribution in [0.3, 0.4) is 0 Å². The van der Waals surface area contributed by atoms with Crippen molar-refractivity contribution in [1.82, 2.24) is 0 Å². The summed E-state index contributed by atoms with van der Waals surface area (Å²) in [5.41, 5.74) is 0. The van der Waals surface area contributed by atoms with E-state index in [4.69, 9.17) is 18.5 Å². The number of esters is 2. The van der Waals surface area contributed by atoms with Crippen LogP contribution < -0.4 is 4.89 Å². The molecule has 0 aromatic rings. The number of rotatable bonds is 38. The van der Waals surface area contributed by atoms with Gasteiger partial charge in [0.25, 0.3) is 7.82 Å². The van der Waals surface area contributed by atoms with E-state index in [2.05, 4.69) is 19.9 Å². The molecule has 0 rings (SSSR count). The number of hydrogen-bond donors (Lipinski definition) is 0. The molecule has 0 bridgehead atoms. The third kappa shape index (κ3) is 39.7. The minimum atomic E-state index is -4.66. The number of quaternary nitrogens is 1. The minimum Gasteiger partial charge on any atom is -0.756 e. The maximum absolute atomic E-state index is 12.5. The smallest absolute Gasteiger partial charge is 0.331 e. The molecule has 0 N–H and O–H groups in total. The molecule has 0 aromatic heterocycles. The van der Waals surface area contributed by atoms with E-state index in [-0.39, 0.29) is 19.6 Å². The Morgan fingerprint density at radius 2 is 1.07 bits per heavy atom. The summed E-state index contributed by atoms with van der Waals surface area (Å²) in [6.45, 7) is 4.04. The second-order valence-electron chi connectivity index (χ2n) is 15.5. The summed E-state index contributed by atoms with van der Waals surface area (Å²) >= 11 is 0. The van der Waals surface area contributed by atoms with E-state index < -0.39 is 32.5 Å². The molecule has 0 spiro atoms. The first-order valence-corrected chi connectivity index (χ1v) is 22.9. The fourth-order valence-corrected chi connectivity index (χ4v) is 6.37. The summed E-state index contributed by atoms with van der Waals surface area (Å²) in [6, 6.07) is 0. The Morgan fingerprint density at radius 1 is 0.611 bits per heavy atom. The van der Waals surface area contributed by atoms with Gasteiger partial charge in [-0.1, -0.05) is 185 Å². The molecule has 54 heavy (non-hydrogen) atoms. The quantitative estimate of drug-likeness (QED) is 0.0152. The van der Waals surface area contributed by atoms with E-state index in [9.17, 15) is 19.0 Å². The summed E-state index contributed by atoms with van der Waals surface area (Å²) in [6.07, 6.45) is 42.1. The second kappa shape index (κ2) is 36.6. The topological polar surface area (TPSA) is 111 Å². The molecule has 0 saturated heterocycles. The maximum atomic E-state index is 12.5. The molecule has 9 nitrogen and oxygen atoms in total. The van der Waals surface area contributed by atoms with Gasteiger partial charge in [-0.3, -0.25) is 9.36 Å². The zero-order valence-electron chi connectivity index (χ0n) is 35.2. The Hall–Kier alpha value is -2.03. The van der Waals surface area contributed by atoms with Gasteiger partial charge in [0.05, 0.1) is 27.7 Å². The van der Waals surface area contributed by atoms with Crippen molar-refractivity contribution >= 4 is 19.8 Å². The van der Waals surface area contributed by atoms with Crippen LogP contribution >= 0.6 is 7.82 Å². The summed E-state index contributed by atoms with van der Waals surface area (Å²) in [4.78, 5) is 37.3. The van der Waals surface area contributed by atoms with Gasteiger partial charge in [-0.2, -0.15) is 0 Å². The first-order chi connectivity index (χ1) is 26.0. The van der Waals surface area contributed by atoms with E-state index in [1.807, 2.05) is 39.4 Å². The molecular formula is C44H80NO8P. The molecular weight excluding hydrogens is 701 g/mol. The van der Waals surface area contributed by atoms with Crippen LogP contribution in [0.2, 0.25) is 0 Å². The highest BCUT2D eigenvalue weighted by Crippen LogP contribution is 2.38. The largest absolute Gasteiger partial charge is 0.756 e. The molecule has 0 radical (unpaired) electrons. The van der Waals surface area contributed by atoms with Crippen LogP contribution in [0.1, 0.15) is 168 Å². The Kier molecular flexibility index (Phi) is 35.2. The first kappa shape index (κ1) is 52.0. The van der Waals surface area contributed by atoms with Gasteiger partial charge < -0.3 is 27.9 Å². The number of hydrogen-bond acceptors (Lipinski definition) is 8. The SMILES string of the molecule is CCCCCCCCC/C=C/C=C/C=CC=CC(=O)O[C@H](COC(=O)CCCCCCCCCCCCCCCCC)COP(=O)([O-])OCC[N+](C)(C)C. The molecule has 0 fully saturated rings. The highest BCUT2D eigenvalue weighted by Gasteiger charge is 2.21. The summed E-state index contributed by atoms with van der Waals surface area (Å²) < 4.78 is 33.6. The predicted octanol–water partition coefficient (Wildman–Crippen LogP) is 11.3. The van der Waals surface area contributed by atoms with Gasteiger partial charge in [0.15, 0.2) is 6.10 Å². The van der Waals surface area contributed by atoms with Gasteiger partial charge in [-0.15, -0.1) is 0 Å². The molecule has 0 amide bonds. The fourth-order valence-electron chi connectivity index (χ4n) is 5.64. The van der Waals surface area contributed by atoms with Gasteiger partial charge in [-0.05, 0) is 19.3 Å². The second-order valence-corrected chi connectivity index (χ2v) is 16.9. The van der Waals surface area contributed by atoms with Crippen molar-refractivity contribution in [3.63, 3.8) is 0 Å². The lowest BCUT2D eigenvalue weighted by Crippen LogP contribution is -2.37. The molecule has 1 unspecified atom stereocenters. The van der Waals surface area contributed by atoms with Crippen LogP contribution in [0.25, 0.3) is 0 Å². The van der Waals surface area contributed by atoms with E-state index in [1.54, 1.807) is 12.2 Å². The van der Waals surface area contributed by atoms with Crippen LogP contribution in [-0.2, 0) is 32.7 Å². The Labute approximate surface area is 331 Å². The number of unbranched alkanes of at least 4 members (excludes halogenated alkanes) is 21. The Morgan fingerprint density at radius 3 is 1.59 bits per heavy atom. The molecule has 10 heteroatoms. The van der Waals surface area contributed by atoms with Crippen LogP contribution in [0.15, 0.2) is 48.6 Å². The number of phosphoric acid groups is 1. The monoisotopic (exact) mass is 782 g/mol. The van der Waals surface area contributed by atoms with Crippen molar-refractivity contribution in [1.29, 1.82) is 0 Å². The third-order valence-electron chi connectivity index (χ3n) is 9.03. The summed E-state index contributed by atoms with van der Waals surface area (Å²) in [7, 11) is 1.09. The van der Waals surface area contributed by atoms with Crippen molar-refractivity contribution in [2.45, 2.75) is 174 Å². The van der Waals surface area contributed by atoms with Crippen LogP contribution in [0, 0.1) is 0 Å². The van der Waals surface area contributed by atoms with Gasteiger partial charge >= 0.3 is 11.9 Å². The fraction of sp³-hybridized carbons (Fsp3) is 0.773. The van der Waals surface area contributed by atoms with Gasteiger partial charge in [0, 0.05) is 12.5 Å². The zero-order chi connectivity index (χ0) is 40.0. The lowest BCUT2D eigenvalue weighted by atomic mass is 10.0. The molecule has 0 heterocycles. The van der Waals surface area contributed by atoms with Crippen molar-refractivity contribution in [3.05, 3.63) is 48.6 Å². The van der Waals surface area contributed by atoms with E-state index in [1.165, 1.54) is 134 Å². The highest BCUT2D eigenvalue weighted by molar-refractivity contribution is 7.45. The normalized spacial score (nSPS) is 14.1. The number of carbonyl (C=O) groups is 2. The lowest BCUT2D eigenvalue weighted by molar-refractivity contribution is -0.870. The van der Waals surface area contributed by atoms with Crippen molar-refractivity contribution < 1.29 is 42.1 Å². The Bertz CT molecular complexity index is 1070. The van der Waals surface area contributed by atoms with Crippen LogP contribution in [0.5, 0.6) is 0 Å². The molecule has 0 aliphatic carbocycles. The number of ether oxygens (including phenoxy) is 2. The van der Waals surface area contributed by atoms with Gasteiger partial charge in [0.2, 0.25) is 0 Å². The predicted molar refractivity (Wildman–Crippen MR) is 222 cm³/mol. The molecule has 314 valence electrons. The van der Waals surface area contributed by atoms with Gasteiger partial charge in [-0.25, -0.2) is 4.79 Å². The van der Waals surface area contributed by atoms with E-state index in [0.29, 0.717) is 17.4 Å². The molecule has 0 saturated carbocycles. The summed E-state index contributed by atoms with van der Waals surface area (Å²) in [5.74, 6) is -1.13. The van der Waals surface area contributed by atoms with Crippen molar-refractivity contribution in [2.75, 3.05) is 47.5 Å². The molecule has 2 atom stereocenters. The minimum absolute atomic E-state index is 0.0541. The maximum Gasteiger partial charge on any atom is 0.331 e. The molecule has 0 aromatic carbocycles. The van der Waals surface area contributed by atoms with Crippen molar-refractivity contribution in [2.24, 2.45) is 0 Å². The average molecular weight is 782 g/mol. The van der Waals surface area contributed by atoms with Gasteiger partial charge in [0.1, 0.15) is 19.8 Å². The lowest BCUT2D eigenvalue weighted by Gasteiger charge is -2.28. The number of phosphoric ester groups is 1. The van der Waals surface area contributed by atoms with E-state index >= 15 is 0 Å². The Balaban J connectivity index is 4.55. The van der Waals surface area contributed by atoms with Crippen molar-refractivity contribution in [3.8, 4) is 0 Å².